The minimum atomic E-state index is -0.337. The normalized spacial score (nSPS) is 11.6. The summed E-state index contributed by atoms with van der Waals surface area (Å²) < 4.78 is 6.26. The molecule has 5 nitrogen and oxygen atoms in total. The van der Waals surface area contributed by atoms with E-state index in [4.69, 9.17) is 0 Å². The van der Waals surface area contributed by atoms with Crippen LogP contribution in [0, 0.1) is 0 Å². The molecule has 4 rings (SSSR count). The monoisotopic (exact) mass is 573 g/mol. The number of halogens is 2. The Morgan fingerprint density at radius 2 is 1.18 bits per heavy atom. The highest BCUT2D eigenvalue weighted by molar-refractivity contribution is 9.10. The van der Waals surface area contributed by atoms with E-state index in [1.807, 2.05) is 0 Å². The summed E-state index contributed by atoms with van der Waals surface area (Å²) in [6, 6.07) is 14.5. The quantitative estimate of drug-likeness (QED) is 0.196. The van der Waals surface area contributed by atoms with Crippen LogP contribution in [-0.2, 0) is 13.1 Å². The molecule has 0 radical (unpaired) electrons. The van der Waals surface area contributed by atoms with Gasteiger partial charge in [0.1, 0.15) is 0 Å². The highest BCUT2D eigenvalue weighted by Gasteiger charge is 2.11. The highest BCUT2D eigenvalue weighted by Crippen LogP contribution is 2.33. The molecular formula is C26H29Br2N3O2. The Kier molecular flexibility index (Phi) is 8.25. The fraction of sp³-hybridized carbons (Fsp3) is 0.385. The number of benzene rings is 2. The molecule has 0 bridgehead atoms. The molecule has 174 valence electrons. The third-order valence-electron chi connectivity index (χ3n) is 6.22. The average molecular weight is 575 g/mol. The minimum absolute atomic E-state index is 0.314. The van der Waals surface area contributed by atoms with Gasteiger partial charge in [-0.3, -0.25) is 9.78 Å². The van der Waals surface area contributed by atoms with Gasteiger partial charge in [0, 0.05) is 56.1 Å². The lowest BCUT2D eigenvalue weighted by Gasteiger charge is -2.08. The van der Waals surface area contributed by atoms with E-state index in [1.54, 1.807) is 10.8 Å². The predicted octanol–water partition coefficient (Wildman–Crippen LogP) is 6.99. The van der Waals surface area contributed by atoms with Gasteiger partial charge in [0.25, 0.3) is 5.56 Å². The summed E-state index contributed by atoms with van der Waals surface area (Å²) in [5.41, 5.74) is 1.95. The third kappa shape index (κ3) is 6.07. The van der Waals surface area contributed by atoms with Gasteiger partial charge < -0.3 is 9.13 Å². The van der Waals surface area contributed by atoms with Crippen LogP contribution in [0.15, 0.2) is 67.2 Å². The second kappa shape index (κ2) is 11.3. The lowest BCUT2D eigenvalue weighted by molar-refractivity contribution is 0.522. The number of fused-ring (bicyclic) bond motifs is 3. The topological polar surface area (TPSA) is 59.8 Å². The Balaban J connectivity index is 1.19. The van der Waals surface area contributed by atoms with E-state index < -0.39 is 0 Å². The zero-order valence-corrected chi connectivity index (χ0v) is 21.8. The summed E-state index contributed by atoms with van der Waals surface area (Å²) in [7, 11) is 0. The fourth-order valence-corrected chi connectivity index (χ4v) is 5.24. The maximum atomic E-state index is 11.7. The smallest absolute Gasteiger partial charge is 0.328 e. The van der Waals surface area contributed by atoms with Crippen molar-refractivity contribution in [1.29, 1.82) is 0 Å². The molecule has 4 aromatic rings. The number of aromatic amines is 1. The van der Waals surface area contributed by atoms with Crippen LogP contribution in [0.2, 0.25) is 0 Å². The number of nitrogens with zero attached hydrogens (tertiary/aromatic N) is 2. The van der Waals surface area contributed by atoms with Crippen LogP contribution in [0.3, 0.4) is 0 Å². The average Bonchev–Trinajstić information content (AvgIpc) is 3.08. The van der Waals surface area contributed by atoms with Crippen LogP contribution in [0.5, 0.6) is 0 Å². The molecule has 0 aliphatic heterocycles. The van der Waals surface area contributed by atoms with Crippen molar-refractivity contribution in [2.45, 2.75) is 64.5 Å². The summed E-state index contributed by atoms with van der Waals surface area (Å²) in [4.78, 5) is 25.1. The third-order valence-corrected chi connectivity index (χ3v) is 7.20. The van der Waals surface area contributed by atoms with E-state index in [0.29, 0.717) is 6.54 Å². The van der Waals surface area contributed by atoms with Gasteiger partial charge in [-0.25, -0.2) is 4.79 Å². The van der Waals surface area contributed by atoms with E-state index in [1.165, 1.54) is 66.4 Å². The van der Waals surface area contributed by atoms with Crippen molar-refractivity contribution in [1.82, 2.24) is 14.1 Å². The van der Waals surface area contributed by atoms with Gasteiger partial charge in [0.2, 0.25) is 0 Å². The molecule has 0 aliphatic rings. The standard InChI is InChI=1S/C26H29Br2N3O2/c27-19-9-11-23-21(17-19)22-18-20(28)10-12-24(22)31(23)15-8-6-4-2-1-3-5-7-14-30-16-13-25(32)29-26(30)33/h9-13,16-18H,1-8,14-15H2,(H,29,32,33). The van der Waals surface area contributed by atoms with Crippen molar-refractivity contribution in [2.24, 2.45) is 0 Å². The van der Waals surface area contributed by atoms with E-state index >= 15 is 0 Å². The molecule has 7 heteroatoms. The summed E-state index contributed by atoms with van der Waals surface area (Å²) >= 11 is 7.24. The van der Waals surface area contributed by atoms with Crippen LogP contribution in [0.1, 0.15) is 51.4 Å². The molecular weight excluding hydrogens is 546 g/mol. The molecule has 33 heavy (non-hydrogen) atoms. The first-order valence-corrected chi connectivity index (χ1v) is 13.3. The molecule has 2 aromatic heterocycles. The molecule has 0 atom stereocenters. The van der Waals surface area contributed by atoms with Gasteiger partial charge in [-0.2, -0.15) is 0 Å². The summed E-state index contributed by atoms with van der Waals surface area (Å²) in [5, 5.41) is 2.59. The van der Waals surface area contributed by atoms with Crippen molar-refractivity contribution < 1.29 is 0 Å². The second-order valence-corrected chi connectivity index (χ2v) is 10.4. The van der Waals surface area contributed by atoms with Crippen LogP contribution in [-0.4, -0.2) is 14.1 Å². The van der Waals surface area contributed by atoms with Crippen molar-refractivity contribution >= 4 is 53.7 Å². The Bertz CT molecular complexity index is 1290. The highest BCUT2D eigenvalue weighted by atomic mass is 79.9. The number of unbranched alkanes of at least 4 members (excludes halogenated alkanes) is 7. The van der Waals surface area contributed by atoms with E-state index in [-0.39, 0.29) is 11.2 Å². The van der Waals surface area contributed by atoms with E-state index in [0.717, 1.165) is 28.3 Å². The summed E-state index contributed by atoms with van der Waals surface area (Å²) in [5.74, 6) is 0. The lowest BCUT2D eigenvalue weighted by atomic mass is 10.1. The van der Waals surface area contributed by atoms with Crippen molar-refractivity contribution in [3.63, 3.8) is 0 Å². The lowest BCUT2D eigenvalue weighted by Crippen LogP contribution is -2.28. The molecule has 0 saturated carbocycles. The molecule has 0 saturated heterocycles. The number of hydrogen-bond acceptors (Lipinski definition) is 2. The molecule has 2 heterocycles. The SMILES string of the molecule is O=c1ccn(CCCCCCCCCCn2c3ccc(Br)cc3c3cc(Br)ccc32)c(=O)[nH]1. The number of rotatable bonds is 11. The molecule has 0 fully saturated rings. The Morgan fingerprint density at radius 1 is 0.667 bits per heavy atom. The first-order valence-electron chi connectivity index (χ1n) is 11.7. The van der Waals surface area contributed by atoms with E-state index in [2.05, 4.69) is 77.8 Å². The van der Waals surface area contributed by atoms with Crippen LogP contribution >= 0.6 is 31.9 Å². The molecule has 0 aliphatic carbocycles. The molecule has 0 spiro atoms. The Hall–Kier alpha value is -2.12. The summed E-state index contributed by atoms with van der Waals surface area (Å²) in [6.07, 6.45) is 11.0. The Labute approximate surface area is 210 Å². The van der Waals surface area contributed by atoms with Gasteiger partial charge >= 0.3 is 5.69 Å². The molecule has 2 aromatic carbocycles. The number of nitrogens with one attached hydrogen (secondary N) is 1. The summed E-state index contributed by atoms with van der Waals surface area (Å²) in [6.45, 7) is 1.71. The Morgan fingerprint density at radius 3 is 1.73 bits per heavy atom. The first-order chi connectivity index (χ1) is 16.0. The van der Waals surface area contributed by atoms with Crippen molar-refractivity contribution in [3.05, 3.63) is 78.4 Å². The van der Waals surface area contributed by atoms with Gasteiger partial charge in [0.05, 0.1) is 0 Å². The predicted molar refractivity (Wildman–Crippen MR) is 143 cm³/mol. The molecule has 0 amide bonds. The molecule has 1 N–H and O–H groups in total. The van der Waals surface area contributed by atoms with Crippen LogP contribution in [0.4, 0.5) is 0 Å². The van der Waals surface area contributed by atoms with Crippen molar-refractivity contribution in [2.75, 3.05) is 0 Å². The zero-order valence-electron chi connectivity index (χ0n) is 18.7. The van der Waals surface area contributed by atoms with Gasteiger partial charge in [-0.15, -0.1) is 0 Å². The van der Waals surface area contributed by atoms with Gasteiger partial charge in [0.15, 0.2) is 0 Å². The number of H-pyrrole nitrogens is 1. The first kappa shape index (κ1) is 24.0. The number of aryl methyl sites for hydroxylation is 2. The minimum Gasteiger partial charge on any atom is -0.340 e. The van der Waals surface area contributed by atoms with Crippen LogP contribution in [0.25, 0.3) is 21.8 Å². The van der Waals surface area contributed by atoms with Gasteiger partial charge in [-0.05, 0) is 49.2 Å². The van der Waals surface area contributed by atoms with E-state index in [9.17, 15) is 9.59 Å². The maximum Gasteiger partial charge on any atom is 0.328 e. The fourth-order valence-electron chi connectivity index (χ4n) is 4.52. The van der Waals surface area contributed by atoms with Gasteiger partial charge in [-0.1, -0.05) is 70.4 Å². The number of hydrogen-bond donors (Lipinski definition) is 1. The largest absolute Gasteiger partial charge is 0.340 e. The zero-order chi connectivity index (χ0) is 23.2. The van der Waals surface area contributed by atoms with Crippen LogP contribution < -0.4 is 11.2 Å². The number of aromatic nitrogens is 3. The molecule has 0 unspecified atom stereocenters. The second-order valence-electron chi connectivity index (χ2n) is 8.61. The maximum absolute atomic E-state index is 11.7. The van der Waals surface area contributed by atoms with Crippen molar-refractivity contribution in [3.8, 4) is 0 Å².